The van der Waals surface area contributed by atoms with Crippen LogP contribution in [0.1, 0.15) is 52.4 Å². The molecule has 0 unspecified atom stereocenters. The van der Waals surface area contributed by atoms with Crippen molar-refractivity contribution in [2.24, 2.45) is 0 Å². The molecule has 0 atom stereocenters. The summed E-state index contributed by atoms with van der Waals surface area (Å²) in [6.07, 6.45) is 7.51. The number of hydrogen-bond acceptors (Lipinski definition) is 1. The molecule has 0 amide bonds. The first-order chi connectivity index (χ1) is 5.81. The predicted molar refractivity (Wildman–Crippen MR) is 55.1 cm³/mol. The van der Waals surface area contributed by atoms with E-state index in [0.29, 0.717) is 0 Å². The van der Waals surface area contributed by atoms with Crippen LogP contribution < -0.4 is 0 Å². The van der Waals surface area contributed by atoms with Gasteiger partial charge in [0.2, 0.25) is 0 Å². The van der Waals surface area contributed by atoms with Crippen molar-refractivity contribution in [1.82, 2.24) is 0 Å². The molecule has 0 bridgehead atoms. The van der Waals surface area contributed by atoms with E-state index < -0.39 is 19.7 Å². The molecule has 0 rings (SSSR count). The molecule has 0 aliphatic heterocycles. The zero-order valence-corrected chi connectivity index (χ0v) is 11.4. The third-order valence-corrected chi connectivity index (χ3v) is 7.32. The van der Waals surface area contributed by atoms with E-state index in [4.69, 9.17) is 0 Å². The molecular weight excluding hydrogens is 255 g/mol. The van der Waals surface area contributed by atoms with Gasteiger partial charge in [-0.3, -0.25) is 0 Å². The molecule has 0 heterocycles. The molecule has 0 N–H and O–H groups in total. The quantitative estimate of drug-likeness (QED) is 0.487. The molecule has 0 saturated carbocycles. The van der Waals surface area contributed by atoms with E-state index in [1.165, 1.54) is 38.5 Å². The molecule has 0 aliphatic carbocycles. The van der Waals surface area contributed by atoms with Gasteiger partial charge in [0.15, 0.2) is 0 Å². The summed E-state index contributed by atoms with van der Waals surface area (Å²) in [4.78, 5) is 0. The number of rotatable bonds is 8. The maximum atomic E-state index is 11.5. The maximum absolute atomic E-state index is 11.5. The van der Waals surface area contributed by atoms with E-state index in [1.807, 2.05) is 0 Å². The zero-order valence-electron chi connectivity index (χ0n) is 8.57. The Balaban J connectivity index is 3.10. The SMILES string of the molecule is CCCC[CH2][Sn](=[O])[CH2]CCCC. The Hall–Kier alpha value is 0.599. The van der Waals surface area contributed by atoms with Crippen molar-refractivity contribution in [3.63, 3.8) is 0 Å². The summed E-state index contributed by atoms with van der Waals surface area (Å²) in [6, 6.07) is 0. The summed E-state index contributed by atoms with van der Waals surface area (Å²) in [5.41, 5.74) is 0. The molecule has 72 valence electrons. The average Bonchev–Trinajstić information content (AvgIpc) is 2.06. The van der Waals surface area contributed by atoms with Crippen LogP contribution in [-0.2, 0) is 3.08 Å². The van der Waals surface area contributed by atoms with Crippen LogP contribution in [-0.4, -0.2) is 19.7 Å². The fourth-order valence-corrected chi connectivity index (χ4v) is 5.66. The van der Waals surface area contributed by atoms with Crippen LogP contribution in [0.5, 0.6) is 0 Å². The first-order valence-electron chi connectivity index (χ1n) is 5.33. The minimum atomic E-state index is -2.03. The molecule has 0 aromatic carbocycles. The van der Waals surface area contributed by atoms with E-state index in [9.17, 15) is 3.08 Å². The zero-order chi connectivity index (χ0) is 9.23. The molecule has 0 saturated heterocycles. The summed E-state index contributed by atoms with van der Waals surface area (Å²) in [6.45, 7) is 4.40. The standard InChI is InChI=1S/2C5H11.O.Sn/c2*1-3-5-4-2;;/h2*1,3-5H2,2H3;;. The van der Waals surface area contributed by atoms with Crippen LogP contribution in [0, 0.1) is 0 Å². The van der Waals surface area contributed by atoms with Crippen molar-refractivity contribution in [2.75, 3.05) is 0 Å². The van der Waals surface area contributed by atoms with Crippen molar-refractivity contribution in [2.45, 2.75) is 61.2 Å². The third-order valence-electron chi connectivity index (χ3n) is 2.12. The normalized spacial score (nSPS) is 10.2. The van der Waals surface area contributed by atoms with Crippen molar-refractivity contribution < 1.29 is 3.08 Å². The topological polar surface area (TPSA) is 17.1 Å². The van der Waals surface area contributed by atoms with Crippen molar-refractivity contribution >= 4 is 19.7 Å². The van der Waals surface area contributed by atoms with Gasteiger partial charge in [0.25, 0.3) is 0 Å². The Labute approximate surface area is 84.1 Å². The van der Waals surface area contributed by atoms with Gasteiger partial charge < -0.3 is 0 Å². The van der Waals surface area contributed by atoms with Gasteiger partial charge in [0.1, 0.15) is 0 Å². The predicted octanol–water partition coefficient (Wildman–Crippen LogP) is 3.79. The van der Waals surface area contributed by atoms with E-state index in [-0.39, 0.29) is 0 Å². The van der Waals surface area contributed by atoms with Crippen LogP contribution in [0.4, 0.5) is 0 Å². The van der Waals surface area contributed by atoms with Crippen LogP contribution in [0.15, 0.2) is 0 Å². The molecule has 0 fully saturated rings. The minimum absolute atomic E-state index is 1.10. The Morgan fingerprint density at radius 2 is 1.25 bits per heavy atom. The first kappa shape index (κ1) is 12.6. The molecule has 0 radical (unpaired) electrons. The van der Waals surface area contributed by atoms with Crippen molar-refractivity contribution in [1.29, 1.82) is 0 Å². The Kier molecular flexibility index (Phi) is 10.2. The monoisotopic (exact) mass is 278 g/mol. The Morgan fingerprint density at radius 1 is 0.833 bits per heavy atom. The van der Waals surface area contributed by atoms with Gasteiger partial charge >= 0.3 is 84.1 Å². The molecule has 0 aliphatic rings. The van der Waals surface area contributed by atoms with Gasteiger partial charge in [-0.1, -0.05) is 0 Å². The third kappa shape index (κ3) is 8.69. The summed E-state index contributed by atoms with van der Waals surface area (Å²) in [7, 11) is 0. The van der Waals surface area contributed by atoms with Crippen molar-refractivity contribution in [3.8, 4) is 0 Å². The van der Waals surface area contributed by atoms with E-state index in [1.54, 1.807) is 0 Å². The second-order valence-corrected chi connectivity index (χ2v) is 9.38. The Morgan fingerprint density at radius 3 is 1.58 bits per heavy atom. The molecule has 12 heavy (non-hydrogen) atoms. The summed E-state index contributed by atoms with van der Waals surface area (Å²) in [5.74, 6) is 0. The van der Waals surface area contributed by atoms with Gasteiger partial charge in [-0.2, -0.15) is 0 Å². The van der Waals surface area contributed by atoms with Crippen LogP contribution in [0.3, 0.4) is 0 Å². The fraction of sp³-hybridized carbons (Fsp3) is 1.00. The van der Waals surface area contributed by atoms with E-state index in [0.717, 1.165) is 8.87 Å². The summed E-state index contributed by atoms with van der Waals surface area (Å²) >= 11 is -2.03. The molecule has 0 spiro atoms. The summed E-state index contributed by atoms with van der Waals surface area (Å²) in [5, 5.41) is 0. The number of hydrogen-bond donors (Lipinski definition) is 0. The average molecular weight is 277 g/mol. The molecule has 2 heteroatoms. The molecule has 0 aromatic heterocycles. The Bertz CT molecular complexity index is 100. The van der Waals surface area contributed by atoms with Crippen LogP contribution in [0.2, 0.25) is 8.87 Å². The second kappa shape index (κ2) is 9.68. The first-order valence-corrected chi connectivity index (χ1v) is 10.5. The van der Waals surface area contributed by atoms with Crippen molar-refractivity contribution in [3.05, 3.63) is 0 Å². The van der Waals surface area contributed by atoms with E-state index in [2.05, 4.69) is 13.8 Å². The molecular formula is C10H22OSn. The second-order valence-electron chi connectivity index (χ2n) is 3.45. The van der Waals surface area contributed by atoms with E-state index >= 15 is 0 Å². The van der Waals surface area contributed by atoms with Gasteiger partial charge in [-0.25, -0.2) is 0 Å². The molecule has 0 aromatic rings. The van der Waals surface area contributed by atoms with Gasteiger partial charge in [-0.15, -0.1) is 0 Å². The fourth-order valence-electron chi connectivity index (χ4n) is 1.27. The summed E-state index contributed by atoms with van der Waals surface area (Å²) < 4.78 is 13.7. The molecule has 1 nitrogen and oxygen atoms in total. The van der Waals surface area contributed by atoms with Gasteiger partial charge in [0, 0.05) is 0 Å². The van der Waals surface area contributed by atoms with Crippen LogP contribution in [0.25, 0.3) is 0 Å². The van der Waals surface area contributed by atoms with Crippen LogP contribution >= 0.6 is 0 Å². The van der Waals surface area contributed by atoms with Gasteiger partial charge in [0.05, 0.1) is 0 Å². The number of unbranched alkanes of at least 4 members (excludes halogenated alkanes) is 4. The van der Waals surface area contributed by atoms with Gasteiger partial charge in [-0.05, 0) is 0 Å².